The van der Waals surface area contributed by atoms with E-state index in [1.165, 1.54) is 6.07 Å². The van der Waals surface area contributed by atoms with Crippen molar-refractivity contribution in [3.63, 3.8) is 0 Å². The van der Waals surface area contributed by atoms with E-state index in [0.29, 0.717) is 15.9 Å². The lowest BCUT2D eigenvalue weighted by molar-refractivity contribution is 0.614. The van der Waals surface area contributed by atoms with Gasteiger partial charge in [0.15, 0.2) is 0 Å². The van der Waals surface area contributed by atoms with Crippen LogP contribution in [0, 0.1) is 5.82 Å². The maximum atomic E-state index is 13.4. The number of nitrogens with two attached hydrogens (primary N) is 1. The van der Waals surface area contributed by atoms with Gasteiger partial charge in [0.1, 0.15) is 5.82 Å². The molecular formula is C14H12BrClFN. The molecule has 2 aromatic carbocycles. The average Bonchev–Trinajstić information content (AvgIpc) is 2.35. The van der Waals surface area contributed by atoms with Crippen LogP contribution in [0.5, 0.6) is 0 Å². The number of rotatable bonds is 3. The van der Waals surface area contributed by atoms with Gasteiger partial charge in [-0.1, -0.05) is 35.9 Å². The van der Waals surface area contributed by atoms with Crippen molar-refractivity contribution in [2.24, 2.45) is 5.73 Å². The largest absolute Gasteiger partial charge is 0.324 e. The van der Waals surface area contributed by atoms with Crippen LogP contribution in [0.3, 0.4) is 0 Å². The minimum absolute atomic E-state index is 0.207. The third-order valence-corrected chi connectivity index (χ3v) is 3.87. The Morgan fingerprint density at radius 3 is 2.67 bits per heavy atom. The molecule has 0 aliphatic carbocycles. The van der Waals surface area contributed by atoms with Crippen molar-refractivity contribution >= 4 is 27.5 Å². The third-order valence-electron chi connectivity index (χ3n) is 2.75. The lowest BCUT2D eigenvalue weighted by atomic mass is 10.00. The van der Waals surface area contributed by atoms with Crippen molar-refractivity contribution in [3.05, 3.63) is 68.9 Å². The monoisotopic (exact) mass is 327 g/mol. The summed E-state index contributed by atoms with van der Waals surface area (Å²) in [4.78, 5) is 0. The molecule has 0 spiro atoms. The van der Waals surface area contributed by atoms with Gasteiger partial charge < -0.3 is 5.73 Å². The SMILES string of the molecule is NC(Cc1cccc(F)c1Br)c1cccc(Cl)c1. The topological polar surface area (TPSA) is 26.0 Å². The zero-order valence-corrected chi connectivity index (χ0v) is 11.9. The first-order valence-corrected chi connectivity index (χ1v) is 6.69. The number of benzene rings is 2. The number of hydrogen-bond acceptors (Lipinski definition) is 1. The Morgan fingerprint density at radius 1 is 1.22 bits per heavy atom. The molecule has 0 bridgehead atoms. The normalized spacial score (nSPS) is 12.4. The van der Waals surface area contributed by atoms with Crippen molar-refractivity contribution in [1.82, 2.24) is 0 Å². The minimum atomic E-state index is -0.272. The highest BCUT2D eigenvalue weighted by atomic mass is 79.9. The summed E-state index contributed by atoms with van der Waals surface area (Å²) in [5, 5.41) is 0.654. The fourth-order valence-electron chi connectivity index (χ4n) is 1.80. The highest BCUT2D eigenvalue weighted by Crippen LogP contribution is 2.25. The molecule has 1 nitrogen and oxygen atoms in total. The predicted molar refractivity (Wildman–Crippen MR) is 76.2 cm³/mol. The number of hydrogen-bond donors (Lipinski definition) is 1. The van der Waals surface area contributed by atoms with Gasteiger partial charge in [0.2, 0.25) is 0 Å². The van der Waals surface area contributed by atoms with Gasteiger partial charge in [-0.3, -0.25) is 0 Å². The predicted octanol–water partition coefficient (Wildman–Crippen LogP) is 4.48. The summed E-state index contributed by atoms with van der Waals surface area (Å²) in [6.07, 6.45) is 0.554. The lowest BCUT2D eigenvalue weighted by Crippen LogP contribution is -2.13. The molecule has 0 saturated heterocycles. The van der Waals surface area contributed by atoms with Crippen LogP contribution in [0.25, 0.3) is 0 Å². The number of halogens is 3. The first kappa shape index (κ1) is 13.5. The lowest BCUT2D eigenvalue weighted by Gasteiger charge is -2.13. The highest BCUT2D eigenvalue weighted by molar-refractivity contribution is 9.10. The summed E-state index contributed by atoms with van der Waals surface area (Å²) >= 11 is 9.16. The second-order valence-corrected chi connectivity index (χ2v) is 5.31. The quantitative estimate of drug-likeness (QED) is 0.883. The molecule has 1 atom stereocenters. The highest BCUT2D eigenvalue weighted by Gasteiger charge is 2.11. The summed E-state index contributed by atoms with van der Waals surface area (Å²) in [5.74, 6) is -0.272. The Morgan fingerprint density at radius 2 is 1.94 bits per heavy atom. The van der Waals surface area contributed by atoms with E-state index in [2.05, 4.69) is 15.9 Å². The van der Waals surface area contributed by atoms with E-state index in [0.717, 1.165) is 11.1 Å². The van der Waals surface area contributed by atoms with Gasteiger partial charge in [-0.05, 0) is 51.7 Å². The van der Waals surface area contributed by atoms with Crippen molar-refractivity contribution in [2.45, 2.75) is 12.5 Å². The molecule has 2 aromatic rings. The molecule has 0 aliphatic heterocycles. The summed E-state index contributed by atoms with van der Waals surface area (Å²) < 4.78 is 13.9. The van der Waals surface area contributed by atoms with Crippen molar-refractivity contribution in [2.75, 3.05) is 0 Å². The van der Waals surface area contributed by atoms with Crippen LogP contribution in [0.4, 0.5) is 4.39 Å². The van der Waals surface area contributed by atoms with Crippen LogP contribution >= 0.6 is 27.5 Å². The molecule has 18 heavy (non-hydrogen) atoms. The van der Waals surface area contributed by atoms with Crippen LogP contribution in [0.15, 0.2) is 46.9 Å². The molecule has 94 valence electrons. The van der Waals surface area contributed by atoms with Crippen molar-refractivity contribution in [3.8, 4) is 0 Å². The molecule has 4 heteroatoms. The molecule has 0 amide bonds. The van der Waals surface area contributed by atoms with E-state index in [4.69, 9.17) is 17.3 Å². The standard InChI is InChI=1S/C14H12BrClFN/c15-14-10(4-2-6-12(14)17)8-13(18)9-3-1-5-11(16)7-9/h1-7,13H,8,18H2. The summed E-state index contributed by atoms with van der Waals surface area (Å²) in [6.45, 7) is 0. The Labute approximate surface area is 119 Å². The molecule has 0 saturated carbocycles. The van der Waals surface area contributed by atoms with Gasteiger partial charge in [0.25, 0.3) is 0 Å². The molecule has 0 heterocycles. The zero-order chi connectivity index (χ0) is 13.1. The molecule has 1 unspecified atom stereocenters. The van der Waals surface area contributed by atoms with E-state index in [1.807, 2.05) is 24.3 Å². The van der Waals surface area contributed by atoms with E-state index in [1.54, 1.807) is 12.1 Å². The Balaban J connectivity index is 2.21. The van der Waals surface area contributed by atoms with Crippen molar-refractivity contribution < 1.29 is 4.39 Å². The molecule has 2 N–H and O–H groups in total. The summed E-state index contributed by atoms with van der Waals surface area (Å²) in [6, 6.07) is 12.2. The third kappa shape index (κ3) is 3.10. The first-order chi connectivity index (χ1) is 8.58. The molecular weight excluding hydrogens is 317 g/mol. The summed E-state index contributed by atoms with van der Waals surface area (Å²) in [7, 11) is 0. The molecule has 0 aliphatic rings. The second-order valence-electron chi connectivity index (χ2n) is 4.08. The van der Waals surface area contributed by atoms with Crippen LogP contribution < -0.4 is 5.73 Å². The second kappa shape index (κ2) is 5.83. The zero-order valence-electron chi connectivity index (χ0n) is 9.54. The molecule has 0 fully saturated rings. The van der Waals surface area contributed by atoms with E-state index >= 15 is 0 Å². The van der Waals surface area contributed by atoms with Crippen LogP contribution in [-0.2, 0) is 6.42 Å². The van der Waals surface area contributed by atoms with Crippen LogP contribution in [-0.4, -0.2) is 0 Å². The van der Waals surface area contributed by atoms with E-state index in [9.17, 15) is 4.39 Å². The Hall–Kier alpha value is -0.900. The molecule has 0 radical (unpaired) electrons. The van der Waals surface area contributed by atoms with Gasteiger partial charge in [-0.2, -0.15) is 0 Å². The molecule has 2 rings (SSSR count). The van der Waals surface area contributed by atoms with Gasteiger partial charge in [0, 0.05) is 11.1 Å². The van der Waals surface area contributed by atoms with Crippen LogP contribution in [0.2, 0.25) is 5.02 Å². The van der Waals surface area contributed by atoms with Gasteiger partial charge in [-0.25, -0.2) is 4.39 Å². The summed E-state index contributed by atoms with van der Waals surface area (Å²) in [5.41, 5.74) is 7.91. The Kier molecular flexibility index (Phi) is 4.38. The Bertz CT molecular complexity index is 559. The van der Waals surface area contributed by atoms with E-state index in [-0.39, 0.29) is 11.9 Å². The fourth-order valence-corrected chi connectivity index (χ4v) is 2.42. The minimum Gasteiger partial charge on any atom is -0.324 e. The van der Waals surface area contributed by atoms with Crippen LogP contribution in [0.1, 0.15) is 17.2 Å². The first-order valence-electron chi connectivity index (χ1n) is 5.52. The smallest absolute Gasteiger partial charge is 0.137 e. The van der Waals surface area contributed by atoms with E-state index < -0.39 is 0 Å². The molecule has 0 aromatic heterocycles. The van der Waals surface area contributed by atoms with Gasteiger partial charge >= 0.3 is 0 Å². The van der Waals surface area contributed by atoms with Gasteiger partial charge in [0.05, 0.1) is 4.47 Å². The van der Waals surface area contributed by atoms with Gasteiger partial charge in [-0.15, -0.1) is 0 Å². The fraction of sp³-hybridized carbons (Fsp3) is 0.143. The maximum Gasteiger partial charge on any atom is 0.137 e. The maximum absolute atomic E-state index is 13.4. The average molecular weight is 329 g/mol. The van der Waals surface area contributed by atoms with Crippen molar-refractivity contribution in [1.29, 1.82) is 0 Å².